The van der Waals surface area contributed by atoms with Crippen LogP contribution >= 0.6 is 23.1 Å². The number of aromatic nitrogens is 4. The first-order chi connectivity index (χ1) is 16.3. The van der Waals surface area contributed by atoms with E-state index in [-0.39, 0.29) is 0 Å². The van der Waals surface area contributed by atoms with Gasteiger partial charge in [-0.2, -0.15) is 0 Å². The molecule has 5 aromatic rings. The molecular formula is C24H20N4O3S2. The Morgan fingerprint density at radius 3 is 2.58 bits per heavy atom. The number of thiophene rings is 1. The third-order valence-corrected chi connectivity index (χ3v) is 6.83. The zero-order chi connectivity index (χ0) is 22.6. The van der Waals surface area contributed by atoms with E-state index in [0.29, 0.717) is 11.6 Å². The van der Waals surface area contributed by atoms with Crippen LogP contribution in [0.15, 0.2) is 81.8 Å². The molecule has 0 N–H and O–H groups in total. The lowest BCUT2D eigenvalue weighted by Crippen LogP contribution is -2.01. The summed E-state index contributed by atoms with van der Waals surface area (Å²) in [5.74, 6) is 3.57. The van der Waals surface area contributed by atoms with Crippen LogP contribution in [0.25, 0.3) is 27.7 Å². The van der Waals surface area contributed by atoms with Gasteiger partial charge in [0.25, 0.3) is 0 Å². The van der Waals surface area contributed by atoms with Crippen molar-refractivity contribution in [2.24, 2.45) is 0 Å². The number of benzene rings is 2. The second kappa shape index (κ2) is 9.51. The van der Waals surface area contributed by atoms with Crippen LogP contribution in [0, 0.1) is 0 Å². The van der Waals surface area contributed by atoms with E-state index in [0.717, 1.165) is 44.2 Å². The monoisotopic (exact) mass is 476 g/mol. The van der Waals surface area contributed by atoms with Crippen LogP contribution < -0.4 is 9.47 Å². The van der Waals surface area contributed by atoms with Crippen LogP contribution in [0.5, 0.6) is 11.5 Å². The van der Waals surface area contributed by atoms with Gasteiger partial charge in [0.05, 0.1) is 36.0 Å². The number of thioether (sulfide) groups is 1. The molecule has 0 fully saturated rings. The Morgan fingerprint density at radius 1 is 0.970 bits per heavy atom. The van der Waals surface area contributed by atoms with Crippen LogP contribution in [0.1, 0.15) is 5.69 Å². The van der Waals surface area contributed by atoms with E-state index in [1.54, 1.807) is 37.3 Å². The van der Waals surface area contributed by atoms with Crippen LogP contribution in [0.3, 0.4) is 0 Å². The van der Waals surface area contributed by atoms with E-state index in [4.69, 9.17) is 14.0 Å². The van der Waals surface area contributed by atoms with Crippen molar-refractivity contribution in [1.29, 1.82) is 0 Å². The first kappa shape index (κ1) is 21.3. The summed E-state index contributed by atoms with van der Waals surface area (Å²) in [7, 11) is 3.30. The Balaban J connectivity index is 1.49. The Kier molecular flexibility index (Phi) is 6.14. The molecule has 0 aliphatic carbocycles. The molecular weight excluding hydrogens is 456 g/mol. The van der Waals surface area contributed by atoms with Gasteiger partial charge in [0.2, 0.25) is 0 Å². The summed E-state index contributed by atoms with van der Waals surface area (Å²) < 4.78 is 18.4. The van der Waals surface area contributed by atoms with Gasteiger partial charge in [-0.3, -0.25) is 4.57 Å². The van der Waals surface area contributed by atoms with Gasteiger partial charge in [-0.25, -0.2) is 0 Å². The van der Waals surface area contributed by atoms with Crippen LogP contribution in [0.2, 0.25) is 0 Å². The predicted octanol–water partition coefficient (Wildman–Crippen LogP) is 5.96. The number of nitrogens with zero attached hydrogens (tertiary/aromatic N) is 4. The standard InChI is InChI=1S/C24H20N4O3S2/c1-29-18-11-9-17(10-12-18)28-23(19-6-3-4-7-20(19)30-2)25-26-24(28)33-15-16-14-21(31-27-16)22-8-5-13-32-22/h3-14H,15H2,1-2H3. The Morgan fingerprint density at radius 2 is 1.82 bits per heavy atom. The fourth-order valence-corrected chi connectivity index (χ4v) is 4.89. The third-order valence-electron chi connectivity index (χ3n) is 4.98. The third kappa shape index (κ3) is 4.37. The quantitative estimate of drug-likeness (QED) is 0.256. The van der Waals surface area contributed by atoms with Crippen molar-refractivity contribution in [3.63, 3.8) is 0 Å². The van der Waals surface area contributed by atoms with Crippen molar-refractivity contribution in [2.45, 2.75) is 10.9 Å². The molecule has 0 unspecified atom stereocenters. The highest BCUT2D eigenvalue weighted by atomic mass is 32.2. The summed E-state index contributed by atoms with van der Waals surface area (Å²) in [6, 6.07) is 21.6. The average molecular weight is 477 g/mol. The molecule has 0 aliphatic heterocycles. The molecule has 2 aromatic carbocycles. The number of rotatable bonds is 8. The Hall–Kier alpha value is -3.56. The number of methoxy groups -OCH3 is 2. The molecule has 3 aromatic heterocycles. The van der Waals surface area contributed by atoms with Gasteiger partial charge in [0.15, 0.2) is 16.7 Å². The summed E-state index contributed by atoms with van der Waals surface area (Å²) in [5, 5.41) is 16.0. The average Bonchev–Trinajstić information content (AvgIpc) is 3.63. The van der Waals surface area contributed by atoms with E-state index in [9.17, 15) is 0 Å². The molecule has 0 amide bonds. The van der Waals surface area contributed by atoms with E-state index in [1.165, 1.54) is 0 Å². The number of para-hydroxylation sites is 1. The largest absolute Gasteiger partial charge is 0.497 e. The highest BCUT2D eigenvalue weighted by Gasteiger charge is 2.20. The lowest BCUT2D eigenvalue weighted by atomic mass is 10.2. The summed E-state index contributed by atoms with van der Waals surface area (Å²) in [6.45, 7) is 0. The van der Waals surface area contributed by atoms with Gasteiger partial charge in [-0.15, -0.1) is 21.5 Å². The van der Waals surface area contributed by atoms with Gasteiger partial charge in [-0.05, 0) is 47.8 Å². The van der Waals surface area contributed by atoms with Crippen molar-refractivity contribution in [2.75, 3.05) is 14.2 Å². The van der Waals surface area contributed by atoms with Crippen molar-refractivity contribution in [1.82, 2.24) is 19.9 Å². The van der Waals surface area contributed by atoms with Gasteiger partial charge in [-0.1, -0.05) is 35.1 Å². The molecule has 9 heteroatoms. The number of hydrogen-bond donors (Lipinski definition) is 0. The van der Waals surface area contributed by atoms with Crippen LogP contribution in [-0.2, 0) is 5.75 Å². The maximum Gasteiger partial charge on any atom is 0.196 e. The van der Waals surface area contributed by atoms with Gasteiger partial charge >= 0.3 is 0 Å². The van der Waals surface area contributed by atoms with Crippen LogP contribution in [0.4, 0.5) is 0 Å². The molecule has 0 aliphatic rings. The molecule has 0 saturated carbocycles. The fraction of sp³-hybridized carbons (Fsp3) is 0.125. The van der Waals surface area contributed by atoms with E-state index in [2.05, 4.69) is 15.4 Å². The maximum absolute atomic E-state index is 5.57. The molecule has 5 rings (SSSR count). The minimum absolute atomic E-state index is 0.592. The van der Waals surface area contributed by atoms with Gasteiger partial charge < -0.3 is 14.0 Å². The number of hydrogen-bond acceptors (Lipinski definition) is 8. The first-order valence-corrected chi connectivity index (χ1v) is 12.0. The Labute approximate surface area is 199 Å². The van der Waals surface area contributed by atoms with Crippen molar-refractivity contribution in [3.05, 3.63) is 77.8 Å². The SMILES string of the molecule is COc1ccc(-n2c(SCc3cc(-c4cccs4)on3)nnc2-c2ccccc2OC)cc1. The number of ether oxygens (including phenoxy) is 2. The molecule has 0 atom stereocenters. The lowest BCUT2D eigenvalue weighted by molar-refractivity contribution is 0.414. The first-order valence-electron chi connectivity index (χ1n) is 10.1. The topological polar surface area (TPSA) is 75.2 Å². The lowest BCUT2D eigenvalue weighted by Gasteiger charge is -2.12. The highest BCUT2D eigenvalue weighted by molar-refractivity contribution is 7.98. The summed E-state index contributed by atoms with van der Waals surface area (Å²) in [5.41, 5.74) is 2.62. The summed E-state index contributed by atoms with van der Waals surface area (Å²) >= 11 is 3.16. The molecule has 7 nitrogen and oxygen atoms in total. The Bertz CT molecular complexity index is 1340. The molecule has 0 radical (unpaired) electrons. The van der Waals surface area contributed by atoms with Crippen molar-refractivity contribution in [3.8, 4) is 39.2 Å². The molecule has 0 spiro atoms. The highest BCUT2D eigenvalue weighted by Crippen LogP contribution is 2.35. The zero-order valence-corrected chi connectivity index (χ0v) is 19.6. The predicted molar refractivity (Wildman–Crippen MR) is 129 cm³/mol. The van der Waals surface area contributed by atoms with E-state index < -0.39 is 0 Å². The second-order valence-electron chi connectivity index (χ2n) is 6.99. The van der Waals surface area contributed by atoms with Gasteiger partial charge in [0, 0.05) is 11.8 Å². The normalized spacial score (nSPS) is 11.0. The minimum atomic E-state index is 0.592. The van der Waals surface area contributed by atoms with Gasteiger partial charge in [0.1, 0.15) is 11.5 Å². The van der Waals surface area contributed by atoms with Crippen molar-refractivity contribution < 1.29 is 14.0 Å². The molecule has 166 valence electrons. The summed E-state index contributed by atoms with van der Waals surface area (Å²) in [4.78, 5) is 1.05. The van der Waals surface area contributed by atoms with Crippen molar-refractivity contribution >= 4 is 23.1 Å². The van der Waals surface area contributed by atoms with E-state index in [1.807, 2.05) is 76.7 Å². The smallest absolute Gasteiger partial charge is 0.196 e. The fourth-order valence-electron chi connectivity index (χ4n) is 3.38. The molecule has 33 heavy (non-hydrogen) atoms. The molecule has 0 saturated heterocycles. The van der Waals surface area contributed by atoms with Crippen LogP contribution in [-0.4, -0.2) is 34.1 Å². The zero-order valence-electron chi connectivity index (χ0n) is 18.0. The molecule has 3 heterocycles. The summed E-state index contributed by atoms with van der Waals surface area (Å²) in [6.07, 6.45) is 0. The van der Waals surface area contributed by atoms with E-state index >= 15 is 0 Å². The molecule has 0 bridgehead atoms. The second-order valence-corrected chi connectivity index (χ2v) is 8.88. The maximum atomic E-state index is 5.57. The minimum Gasteiger partial charge on any atom is -0.497 e.